The number of hydrogen-bond acceptors (Lipinski definition) is 4. The Morgan fingerprint density at radius 2 is 1.31 bits per heavy atom. The third kappa shape index (κ3) is 5.59. The van der Waals surface area contributed by atoms with E-state index >= 15 is 0 Å². The monoisotopic (exact) mass is 366 g/mol. The Bertz CT molecular complexity index is 737. The van der Waals surface area contributed by atoms with Gasteiger partial charge in [0.2, 0.25) is 5.54 Å². The minimum absolute atomic E-state index is 0. The quantitative estimate of drug-likeness (QED) is 0.431. The van der Waals surface area contributed by atoms with Crippen LogP contribution in [0.3, 0.4) is 0 Å². The maximum Gasteiger partial charge on any atom is 1.00 e. The molecule has 1 amide bonds. The predicted octanol–water partition coefficient (Wildman–Crippen LogP) is -0.932. The van der Waals surface area contributed by atoms with E-state index in [4.69, 9.17) is 4.74 Å². The second-order valence-corrected chi connectivity index (χ2v) is 5.36. The van der Waals surface area contributed by atoms with Gasteiger partial charge in [0, 0.05) is 6.42 Å². The summed E-state index contributed by atoms with van der Waals surface area (Å²) in [5.41, 5.74) is -1.37. The molecule has 0 aliphatic carbocycles. The van der Waals surface area contributed by atoms with E-state index in [2.05, 4.69) is 0 Å². The fraction of sp³-hybridized carbons (Fsp3) is 0.167. The molecule has 2 aromatic rings. The van der Waals surface area contributed by atoms with Gasteiger partial charge in [0.05, 0.1) is 0 Å². The molecule has 0 saturated heterocycles. The number of nitrogens with one attached hydrogen (secondary N) is 1. The van der Waals surface area contributed by atoms with Crippen molar-refractivity contribution in [2.45, 2.75) is 18.6 Å². The zero-order chi connectivity index (χ0) is 18.3. The van der Waals surface area contributed by atoms with E-state index in [0.29, 0.717) is 11.1 Å². The van der Waals surface area contributed by atoms with Crippen molar-refractivity contribution in [1.82, 2.24) is 5.32 Å². The summed E-state index contributed by atoms with van der Waals surface area (Å²) in [5, 5.41) is 20.9. The number of ether oxygens (including phenoxy) is 1. The molecule has 3 N–H and O–H groups in total. The van der Waals surface area contributed by atoms with Crippen molar-refractivity contribution >= 4 is 18.0 Å². The van der Waals surface area contributed by atoms with Crippen molar-refractivity contribution in [1.29, 1.82) is 0 Å². The minimum Gasteiger partial charge on any atom is -0.479 e. The summed E-state index contributed by atoms with van der Waals surface area (Å²) in [6.07, 6.45) is -1.54. The minimum atomic E-state index is -2.52. The first-order valence-corrected chi connectivity index (χ1v) is 7.43. The zero-order valence-electron chi connectivity index (χ0n) is 14.2. The molecular formula is C18H17NNaO6+. The molecule has 7 nitrogen and oxygen atoms in total. The van der Waals surface area contributed by atoms with E-state index in [0.717, 1.165) is 0 Å². The Morgan fingerprint density at radius 3 is 1.77 bits per heavy atom. The number of carboxylic acids is 2. The molecule has 0 bridgehead atoms. The predicted molar refractivity (Wildman–Crippen MR) is 87.9 cm³/mol. The maximum atomic E-state index is 12.0. The molecule has 8 heteroatoms. The van der Waals surface area contributed by atoms with Gasteiger partial charge in [-0.3, -0.25) is 5.32 Å². The Hall–Kier alpha value is -2.35. The number of carbonyl (C=O) groups is 3. The van der Waals surface area contributed by atoms with Gasteiger partial charge in [-0.25, -0.2) is 14.4 Å². The fourth-order valence-corrected chi connectivity index (χ4v) is 2.23. The van der Waals surface area contributed by atoms with Gasteiger partial charge in [0.15, 0.2) is 0 Å². The van der Waals surface area contributed by atoms with Gasteiger partial charge in [0.1, 0.15) is 6.61 Å². The number of rotatable bonds is 7. The summed E-state index contributed by atoms with van der Waals surface area (Å²) < 4.78 is 4.94. The summed E-state index contributed by atoms with van der Waals surface area (Å²) in [6.45, 7) is -0.104. The molecule has 0 unspecified atom stereocenters. The van der Waals surface area contributed by atoms with Crippen LogP contribution in [0.15, 0.2) is 60.7 Å². The van der Waals surface area contributed by atoms with Crippen LogP contribution in [0, 0.1) is 0 Å². The van der Waals surface area contributed by atoms with Crippen LogP contribution in [-0.2, 0) is 27.4 Å². The van der Waals surface area contributed by atoms with Gasteiger partial charge in [-0.15, -0.1) is 0 Å². The van der Waals surface area contributed by atoms with Crippen LogP contribution in [0.1, 0.15) is 11.1 Å². The van der Waals surface area contributed by atoms with Gasteiger partial charge in [0.25, 0.3) is 0 Å². The number of aliphatic carboxylic acids is 2. The molecule has 2 aromatic carbocycles. The summed E-state index contributed by atoms with van der Waals surface area (Å²) >= 11 is 0. The first kappa shape index (κ1) is 21.7. The van der Waals surface area contributed by atoms with E-state index in [1.165, 1.54) is 0 Å². The van der Waals surface area contributed by atoms with Gasteiger partial charge in [-0.2, -0.15) is 0 Å². The third-order valence-electron chi connectivity index (χ3n) is 3.57. The second-order valence-electron chi connectivity index (χ2n) is 5.36. The van der Waals surface area contributed by atoms with Crippen molar-refractivity contribution in [2.75, 3.05) is 0 Å². The zero-order valence-corrected chi connectivity index (χ0v) is 16.2. The van der Waals surface area contributed by atoms with Crippen LogP contribution in [0.4, 0.5) is 4.79 Å². The summed E-state index contributed by atoms with van der Waals surface area (Å²) in [6, 6.07) is 16.9. The van der Waals surface area contributed by atoms with E-state index in [9.17, 15) is 24.6 Å². The Morgan fingerprint density at radius 1 is 0.846 bits per heavy atom. The molecule has 0 spiro atoms. The first-order valence-electron chi connectivity index (χ1n) is 7.43. The fourth-order valence-electron chi connectivity index (χ4n) is 2.23. The molecule has 0 atom stereocenters. The van der Waals surface area contributed by atoms with Gasteiger partial charge in [-0.05, 0) is 11.1 Å². The first-order chi connectivity index (χ1) is 11.9. The molecule has 0 aliphatic rings. The number of hydrogen-bond donors (Lipinski definition) is 3. The summed E-state index contributed by atoms with van der Waals surface area (Å²) in [5.74, 6) is -3.36. The van der Waals surface area contributed by atoms with Crippen molar-refractivity contribution in [3.63, 3.8) is 0 Å². The maximum absolute atomic E-state index is 12.0. The van der Waals surface area contributed by atoms with Crippen LogP contribution in [-0.4, -0.2) is 33.8 Å². The molecule has 0 radical (unpaired) electrons. The average molecular weight is 366 g/mol. The standard InChI is InChI=1S/C18H17NO6.Na/c20-15(21)18(16(22)23,11-13-7-3-1-4-8-13)19-17(24)25-12-14-9-5-2-6-10-14;/h1-10H,11-12H2,(H,19,24)(H,20,21)(H,22,23);/q;+1. The average Bonchev–Trinajstić information content (AvgIpc) is 2.60. The molecular weight excluding hydrogens is 349 g/mol. The van der Waals surface area contributed by atoms with Crippen molar-refractivity contribution < 1.29 is 58.9 Å². The summed E-state index contributed by atoms with van der Waals surface area (Å²) in [4.78, 5) is 35.2. The van der Waals surface area contributed by atoms with Crippen LogP contribution < -0.4 is 34.9 Å². The van der Waals surface area contributed by atoms with Crippen LogP contribution >= 0.6 is 0 Å². The van der Waals surface area contributed by atoms with Crippen molar-refractivity contribution in [2.24, 2.45) is 0 Å². The topological polar surface area (TPSA) is 113 Å². The van der Waals surface area contributed by atoms with Crippen molar-refractivity contribution in [3.8, 4) is 0 Å². The molecule has 2 rings (SSSR count). The normalized spacial score (nSPS) is 10.3. The Kier molecular flexibility index (Phi) is 8.31. The molecule has 130 valence electrons. The summed E-state index contributed by atoms with van der Waals surface area (Å²) in [7, 11) is 0. The number of amides is 1. The molecule has 0 fully saturated rings. The van der Waals surface area contributed by atoms with E-state index in [1.807, 2.05) is 5.32 Å². The van der Waals surface area contributed by atoms with Gasteiger partial charge < -0.3 is 14.9 Å². The third-order valence-corrected chi connectivity index (χ3v) is 3.57. The SMILES string of the molecule is O=C(NC(Cc1ccccc1)(C(=O)O)C(=O)O)OCc1ccccc1.[Na+]. The molecule has 0 heterocycles. The number of alkyl carbamates (subject to hydrolysis) is 1. The van der Waals surface area contributed by atoms with Gasteiger partial charge >= 0.3 is 47.6 Å². The Balaban J connectivity index is 0.00000338. The molecule has 0 aliphatic heterocycles. The van der Waals surface area contributed by atoms with E-state index in [1.54, 1.807) is 60.7 Å². The van der Waals surface area contributed by atoms with E-state index in [-0.39, 0.29) is 36.2 Å². The van der Waals surface area contributed by atoms with E-state index < -0.39 is 30.0 Å². The van der Waals surface area contributed by atoms with Crippen LogP contribution in [0.5, 0.6) is 0 Å². The van der Waals surface area contributed by atoms with Crippen molar-refractivity contribution in [3.05, 3.63) is 71.8 Å². The largest absolute Gasteiger partial charge is 1.00 e. The number of carbonyl (C=O) groups excluding carboxylic acids is 1. The van der Waals surface area contributed by atoms with Crippen LogP contribution in [0.2, 0.25) is 0 Å². The molecule has 26 heavy (non-hydrogen) atoms. The smallest absolute Gasteiger partial charge is 0.479 e. The number of benzene rings is 2. The second kappa shape index (κ2) is 9.96. The Labute approximate surface area is 172 Å². The molecule has 0 saturated carbocycles. The van der Waals surface area contributed by atoms with Crippen LogP contribution in [0.25, 0.3) is 0 Å². The number of carboxylic acid groups (broad SMARTS) is 2. The molecule has 0 aromatic heterocycles. The van der Waals surface area contributed by atoms with Gasteiger partial charge in [-0.1, -0.05) is 60.7 Å².